The Balaban J connectivity index is 2.33. The van der Waals surface area contributed by atoms with Crippen molar-refractivity contribution in [3.05, 3.63) is 33.8 Å². The highest BCUT2D eigenvalue weighted by atomic mass is 35.5. The van der Waals surface area contributed by atoms with Gasteiger partial charge in [0.2, 0.25) is 5.91 Å². The van der Waals surface area contributed by atoms with Gasteiger partial charge in [-0.05, 0) is 37.5 Å². The first-order chi connectivity index (χ1) is 8.49. The molecule has 1 aromatic carbocycles. The number of benzene rings is 1. The van der Waals surface area contributed by atoms with Crippen molar-refractivity contribution in [3.8, 4) is 0 Å². The van der Waals surface area contributed by atoms with E-state index in [-0.39, 0.29) is 18.4 Å². The maximum absolute atomic E-state index is 11.6. The maximum atomic E-state index is 11.6. The maximum Gasteiger partial charge on any atom is 0.224 e. The fourth-order valence-corrected chi connectivity index (χ4v) is 1.84. The predicted molar refractivity (Wildman–Crippen MR) is 74.1 cm³/mol. The number of amides is 1. The molecule has 0 saturated heterocycles. The molecule has 0 aliphatic rings. The van der Waals surface area contributed by atoms with Crippen molar-refractivity contribution in [1.29, 1.82) is 0 Å². The third kappa shape index (κ3) is 5.71. The van der Waals surface area contributed by atoms with Gasteiger partial charge in [-0.3, -0.25) is 4.79 Å². The summed E-state index contributed by atoms with van der Waals surface area (Å²) in [6, 6.07) is 5.16. The molecule has 0 radical (unpaired) electrons. The Morgan fingerprint density at radius 3 is 2.72 bits per heavy atom. The van der Waals surface area contributed by atoms with Crippen LogP contribution in [0.15, 0.2) is 18.2 Å². The zero-order chi connectivity index (χ0) is 13.5. The Kier molecular flexibility index (Phi) is 6.47. The van der Waals surface area contributed by atoms with Crippen LogP contribution < -0.4 is 5.32 Å². The molecule has 1 aromatic rings. The van der Waals surface area contributed by atoms with Crippen molar-refractivity contribution < 1.29 is 9.90 Å². The van der Waals surface area contributed by atoms with Gasteiger partial charge in [0.25, 0.3) is 0 Å². The standard InChI is InChI=1S/C13H17Cl2NO2/c1-9(17)3-2-6-16-13(18)8-10-4-5-11(14)12(15)7-10/h4-5,7,9,17H,2-3,6,8H2,1H3,(H,16,18). The second-order valence-corrected chi connectivity index (χ2v) is 5.08. The van der Waals surface area contributed by atoms with Crippen LogP contribution in [-0.2, 0) is 11.2 Å². The molecule has 2 N–H and O–H groups in total. The largest absolute Gasteiger partial charge is 0.393 e. The Labute approximate surface area is 117 Å². The molecule has 3 nitrogen and oxygen atoms in total. The molecule has 0 bridgehead atoms. The Bertz CT molecular complexity index is 408. The summed E-state index contributed by atoms with van der Waals surface area (Å²) in [5, 5.41) is 12.8. The van der Waals surface area contributed by atoms with Gasteiger partial charge in [-0.1, -0.05) is 29.3 Å². The Morgan fingerprint density at radius 1 is 1.39 bits per heavy atom. The summed E-state index contributed by atoms with van der Waals surface area (Å²) in [5.41, 5.74) is 0.831. The highest BCUT2D eigenvalue weighted by Crippen LogP contribution is 2.22. The zero-order valence-corrected chi connectivity index (χ0v) is 11.8. The molecule has 1 amide bonds. The van der Waals surface area contributed by atoms with Gasteiger partial charge < -0.3 is 10.4 Å². The van der Waals surface area contributed by atoms with Crippen molar-refractivity contribution in [2.75, 3.05) is 6.54 Å². The Hall–Kier alpha value is -0.770. The predicted octanol–water partition coefficient (Wildman–Crippen LogP) is 2.81. The fraction of sp³-hybridized carbons (Fsp3) is 0.462. The number of hydrogen-bond acceptors (Lipinski definition) is 2. The number of halogens is 2. The van der Waals surface area contributed by atoms with E-state index in [1.807, 2.05) is 0 Å². The average Bonchev–Trinajstić information content (AvgIpc) is 2.29. The molecule has 0 heterocycles. The summed E-state index contributed by atoms with van der Waals surface area (Å²) >= 11 is 11.7. The second kappa shape index (κ2) is 7.62. The lowest BCUT2D eigenvalue weighted by Crippen LogP contribution is -2.26. The summed E-state index contributed by atoms with van der Waals surface area (Å²) in [4.78, 5) is 11.6. The molecule has 100 valence electrons. The van der Waals surface area contributed by atoms with Gasteiger partial charge in [0, 0.05) is 6.54 Å². The van der Waals surface area contributed by atoms with E-state index in [0.29, 0.717) is 23.0 Å². The minimum absolute atomic E-state index is 0.0565. The van der Waals surface area contributed by atoms with Crippen LogP contribution >= 0.6 is 23.2 Å². The zero-order valence-electron chi connectivity index (χ0n) is 10.2. The summed E-state index contributed by atoms with van der Waals surface area (Å²) in [6.07, 6.45) is 1.42. The van der Waals surface area contributed by atoms with Crippen molar-refractivity contribution >= 4 is 29.1 Å². The smallest absolute Gasteiger partial charge is 0.224 e. The third-order valence-corrected chi connectivity index (χ3v) is 3.21. The monoisotopic (exact) mass is 289 g/mol. The van der Waals surface area contributed by atoms with E-state index in [2.05, 4.69) is 5.32 Å². The van der Waals surface area contributed by atoms with E-state index >= 15 is 0 Å². The van der Waals surface area contributed by atoms with Crippen LogP contribution in [0.3, 0.4) is 0 Å². The molecule has 1 rings (SSSR count). The van der Waals surface area contributed by atoms with Gasteiger partial charge in [-0.15, -0.1) is 0 Å². The summed E-state index contributed by atoms with van der Waals surface area (Å²) in [5.74, 6) is -0.0565. The molecule has 18 heavy (non-hydrogen) atoms. The van der Waals surface area contributed by atoms with Gasteiger partial charge >= 0.3 is 0 Å². The number of hydrogen-bond donors (Lipinski definition) is 2. The second-order valence-electron chi connectivity index (χ2n) is 4.27. The van der Waals surface area contributed by atoms with Crippen LogP contribution in [0.4, 0.5) is 0 Å². The first-order valence-corrected chi connectivity index (χ1v) is 6.63. The lowest BCUT2D eigenvalue weighted by molar-refractivity contribution is -0.120. The normalized spacial score (nSPS) is 12.2. The van der Waals surface area contributed by atoms with E-state index in [1.165, 1.54) is 0 Å². The number of carbonyl (C=O) groups excluding carboxylic acids is 1. The van der Waals surface area contributed by atoms with Gasteiger partial charge in [0.15, 0.2) is 0 Å². The van der Waals surface area contributed by atoms with Crippen molar-refractivity contribution in [1.82, 2.24) is 5.32 Å². The lowest BCUT2D eigenvalue weighted by Gasteiger charge is -2.07. The topological polar surface area (TPSA) is 49.3 Å². The SMILES string of the molecule is CC(O)CCCNC(=O)Cc1ccc(Cl)c(Cl)c1. The van der Waals surface area contributed by atoms with Crippen LogP contribution in [0.25, 0.3) is 0 Å². The van der Waals surface area contributed by atoms with Crippen molar-refractivity contribution in [3.63, 3.8) is 0 Å². The molecule has 0 aliphatic heterocycles. The molecule has 0 aromatic heterocycles. The van der Waals surface area contributed by atoms with Crippen molar-refractivity contribution in [2.45, 2.75) is 32.3 Å². The number of rotatable bonds is 6. The molecule has 0 fully saturated rings. The van der Waals surface area contributed by atoms with Gasteiger partial charge in [-0.2, -0.15) is 0 Å². The molecule has 0 aliphatic carbocycles. The van der Waals surface area contributed by atoms with Gasteiger partial charge in [0.1, 0.15) is 0 Å². The number of aliphatic hydroxyl groups excluding tert-OH is 1. The minimum Gasteiger partial charge on any atom is -0.393 e. The Morgan fingerprint density at radius 2 is 2.11 bits per heavy atom. The summed E-state index contributed by atoms with van der Waals surface area (Å²) < 4.78 is 0. The highest BCUT2D eigenvalue weighted by Gasteiger charge is 2.05. The third-order valence-electron chi connectivity index (χ3n) is 2.47. The van der Waals surface area contributed by atoms with Crippen LogP contribution in [0.5, 0.6) is 0 Å². The molecule has 0 saturated carbocycles. The van der Waals surface area contributed by atoms with E-state index in [0.717, 1.165) is 12.0 Å². The first kappa shape index (κ1) is 15.3. The van der Waals surface area contributed by atoms with Crippen LogP contribution in [-0.4, -0.2) is 23.7 Å². The molecule has 1 unspecified atom stereocenters. The minimum atomic E-state index is -0.322. The lowest BCUT2D eigenvalue weighted by atomic mass is 10.1. The molecule has 0 spiro atoms. The molecular weight excluding hydrogens is 273 g/mol. The van der Waals surface area contributed by atoms with E-state index in [4.69, 9.17) is 28.3 Å². The fourth-order valence-electron chi connectivity index (χ4n) is 1.52. The van der Waals surface area contributed by atoms with Gasteiger partial charge in [0.05, 0.1) is 22.6 Å². The van der Waals surface area contributed by atoms with Crippen LogP contribution in [0, 0.1) is 0 Å². The van der Waals surface area contributed by atoms with Crippen LogP contribution in [0.2, 0.25) is 10.0 Å². The van der Waals surface area contributed by atoms with E-state index in [1.54, 1.807) is 25.1 Å². The molecule has 5 heteroatoms. The number of nitrogens with one attached hydrogen (secondary N) is 1. The van der Waals surface area contributed by atoms with Gasteiger partial charge in [-0.25, -0.2) is 0 Å². The quantitative estimate of drug-likeness (QED) is 0.791. The molecule has 1 atom stereocenters. The van der Waals surface area contributed by atoms with Crippen LogP contribution in [0.1, 0.15) is 25.3 Å². The summed E-state index contributed by atoms with van der Waals surface area (Å²) in [6.45, 7) is 2.31. The number of aliphatic hydroxyl groups is 1. The highest BCUT2D eigenvalue weighted by molar-refractivity contribution is 6.42. The van der Waals surface area contributed by atoms with Crippen molar-refractivity contribution in [2.24, 2.45) is 0 Å². The molecular formula is C13H17Cl2NO2. The number of carbonyl (C=O) groups is 1. The van der Waals surface area contributed by atoms with E-state index < -0.39 is 0 Å². The van der Waals surface area contributed by atoms with E-state index in [9.17, 15) is 4.79 Å². The first-order valence-electron chi connectivity index (χ1n) is 5.87. The summed E-state index contributed by atoms with van der Waals surface area (Å²) in [7, 11) is 0. The average molecular weight is 290 g/mol.